The Morgan fingerprint density at radius 1 is 1.05 bits per heavy atom. The van der Waals surface area contributed by atoms with E-state index >= 15 is 0 Å². The van der Waals surface area contributed by atoms with Crippen LogP contribution >= 0.6 is 0 Å². The van der Waals surface area contributed by atoms with Crippen LogP contribution in [0.4, 0.5) is 0 Å². The van der Waals surface area contributed by atoms with Gasteiger partial charge in [-0.15, -0.1) is 0 Å². The highest BCUT2D eigenvalue weighted by Crippen LogP contribution is 2.21. The summed E-state index contributed by atoms with van der Waals surface area (Å²) in [6.07, 6.45) is 1.06. The van der Waals surface area contributed by atoms with Gasteiger partial charge in [-0.1, -0.05) is 60.2 Å². The highest BCUT2D eigenvalue weighted by molar-refractivity contribution is 5.28. The van der Waals surface area contributed by atoms with Crippen molar-refractivity contribution in [3.63, 3.8) is 0 Å². The summed E-state index contributed by atoms with van der Waals surface area (Å²) in [5, 5.41) is 3.50. The predicted octanol–water partition coefficient (Wildman–Crippen LogP) is 3.56. The lowest BCUT2D eigenvalue weighted by atomic mass is 9.91. The third-order valence-electron chi connectivity index (χ3n) is 3.71. The van der Waals surface area contributed by atoms with Gasteiger partial charge in [0.25, 0.3) is 0 Å². The standard InChI is InChI=1S/C19H25NO/c1-16-7-6-10-18(13-16)19(15-20-11-12-21-2)14-17-8-4-3-5-9-17/h3-10,13,19-20H,11-12,14-15H2,1-2H3. The van der Waals surface area contributed by atoms with Crippen molar-refractivity contribution in [3.8, 4) is 0 Å². The molecule has 0 radical (unpaired) electrons. The fourth-order valence-corrected chi connectivity index (χ4v) is 2.58. The van der Waals surface area contributed by atoms with Crippen molar-refractivity contribution in [3.05, 3.63) is 71.3 Å². The third-order valence-corrected chi connectivity index (χ3v) is 3.71. The molecule has 0 bridgehead atoms. The minimum Gasteiger partial charge on any atom is -0.383 e. The molecule has 0 saturated carbocycles. The van der Waals surface area contributed by atoms with E-state index in [0.29, 0.717) is 5.92 Å². The molecule has 0 amide bonds. The maximum absolute atomic E-state index is 5.10. The molecule has 1 unspecified atom stereocenters. The number of hydrogen-bond donors (Lipinski definition) is 1. The molecule has 2 rings (SSSR count). The molecular weight excluding hydrogens is 258 g/mol. The minimum atomic E-state index is 0.490. The first-order chi connectivity index (χ1) is 10.3. The van der Waals surface area contributed by atoms with Crippen LogP contribution in [-0.2, 0) is 11.2 Å². The molecule has 0 saturated heterocycles. The minimum absolute atomic E-state index is 0.490. The van der Waals surface area contributed by atoms with Gasteiger partial charge in [0.1, 0.15) is 0 Å². The zero-order valence-electron chi connectivity index (χ0n) is 13.0. The Labute approximate surface area is 128 Å². The van der Waals surface area contributed by atoms with E-state index < -0.39 is 0 Å². The topological polar surface area (TPSA) is 21.3 Å². The van der Waals surface area contributed by atoms with Crippen LogP contribution in [0.25, 0.3) is 0 Å². The van der Waals surface area contributed by atoms with E-state index in [0.717, 1.165) is 26.1 Å². The normalized spacial score (nSPS) is 12.3. The summed E-state index contributed by atoms with van der Waals surface area (Å²) in [5.74, 6) is 0.490. The average Bonchev–Trinajstić information content (AvgIpc) is 2.51. The zero-order chi connectivity index (χ0) is 14.9. The van der Waals surface area contributed by atoms with Crippen LogP contribution in [0.2, 0.25) is 0 Å². The Hall–Kier alpha value is -1.64. The van der Waals surface area contributed by atoms with Gasteiger partial charge >= 0.3 is 0 Å². The second-order valence-corrected chi connectivity index (χ2v) is 5.50. The van der Waals surface area contributed by atoms with Gasteiger partial charge < -0.3 is 10.1 Å². The fourth-order valence-electron chi connectivity index (χ4n) is 2.58. The molecule has 0 aromatic heterocycles. The molecule has 2 aromatic carbocycles. The summed E-state index contributed by atoms with van der Waals surface area (Å²) in [4.78, 5) is 0. The molecule has 2 heteroatoms. The number of methoxy groups -OCH3 is 1. The first-order valence-corrected chi connectivity index (χ1v) is 7.59. The van der Waals surface area contributed by atoms with Gasteiger partial charge in [0.05, 0.1) is 6.61 Å². The molecule has 2 nitrogen and oxygen atoms in total. The van der Waals surface area contributed by atoms with Crippen molar-refractivity contribution in [2.45, 2.75) is 19.3 Å². The van der Waals surface area contributed by atoms with E-state index in [1.165, 1.54) is 16.7 Å². The summed E-state index contributed by atoms with van der Waals surface area (Å²) < 4.78 is 5.10. The number of ether oxygens (including phenoxy) is 1. The van der Waals surface area contributed by atoms with Crippen molar-refractivity contribution in [2.24, 2.45) is 0 Å². The lowest BCUT2D eigenvalue weighted by Gasteiger charge is -2.19. The Balaban J connectivity index is 2.06. The van der Waals surface area contributed by atoms with Crippen LogP contribution in [0.1, 0.15) is 22.6 Å². The van der Waals surface area contributed by atoms with Crippen LogP contribution in [0.5, 0.6) is 0 Å². The van der Waals surface area contributed by atoms with Crippen LogP contribution in [0.3, 0.4) is 0 Å². The molecule has 0 aliphatic carbocycles. The molecule has 0 heterocycles. The highest BCUT2D eigenvalue weighted by Gasteiger charge is 2.12. The molecular formula is C19H25NO. The largest absolute Gasteiger partial charge is 0.383 e. The summed E-state index contributed by atoms with van der Waals surface area (Å²) in [5.41, 5.74) is 4.11. The molecule has 0 aliphatic heterocycles. The third kappa shape index (κ3) is 5.33. The molecule has 21 heavy (non-hydrogen) atoms. The summed E-state index contributed by atoms with van der Waals surface area (Å²) >= 11 is 0. The molecule has 1 atom stereocenters. The lowest BCUT2D eigenvalue weighted by Crippen LogP contribution is -2.26. The zero-order valence-corrected chi connectivity index (χ0v) is 13.0. The number of aryl methyl sites for hydroxylation is 1. The molecule has 0 aliphatic rings. The highest BCUT2D eigenvalue weighted by atomic mass is 16.5. The van der Waals surface area contributed by atoms with E-state index in [9.17, 15) is 0 Å². The van der Waals surface area contributed by atoms with E-state index in [1.54, 1.807) is 7.11 Å². The Morgan fingerprint density at radius 3 is 2.57 bits per heavy atom. The lowest BCUT2D eigenvalue weighted by molar-refractivity contribution is 0.199. The molecule has 1 N–H and O–H groups in total. The summed E-state index contributed by atoms with van der Waals surface area (Å²) in [7, 11) is 1.74. The van der Waals surface area contributed by atoms with Crippen molar-refractivity contribution < 1.29 is 4.74 Å². The number of rotatable bonds is 8. The number of benzene rings is 2. The first kappa shape index (κ1) is 15.7. The monoisotopic (exact) mass is 283 g/mol. The second-order valence-electron chi connectivity index (χ2n) is 5.50. The van der Waals surface area contributed by atoms with Crippen molar-refractivity contribution in [1.82, 2.24) is 5.32 Å². The van der Waals surface area contributed by atoms with Crippen LogP contribution < -0.4 is 5.32 Å². The van der Waals surface area contributed by atoms with Crippen LogP contribution in [0.15, 0.2) is 54.6 Å². The number of hydrogen-bond acceptors (Lipinski definition) is 2. The van der Waals surface area contributed by atoms with Crippen molar-refractivity contribution in [2.75, 3.05) is 26.8 Å². The first-order valence-electron chi connectivity index (χ1n) is 7.59. The Kier molecular flexibility index (Phi) is 6.45. The van der Waals surface area contributed by atoms with Gasteiger partial charge in [-0.3, -0.25) is 0 Å². The van der Waals surface area contributed by atoms with Gasteiger partial charge in [0.15, 0.2) is 0 Å². The SMILES string of the molecule is COCCNCC(Cc1ccccc1)c1cccc(C)c1. The van der Waals surface area contributed by atoms with Crippen molar-refractivity contribution in [1.29, 1.82) is 0 Å². The molecule has 2 aromatic rings. The average molecular weight is 283 g/mol. The van der Waals surface area contributed by atoms with Gasteiger partial charge in [0, 0.05) is 26.1 Å². The van der Waals surface area contributed by atoms with Crippen molar-refractivity contribution >= 4 is 0 Å². The second kappa shape index (κ2) is 8.60. The molecule has 112 valence electrons. The van der Waals surface area contributed by atoms with E-state index in [2.05, 4.69) is 66.8 Å². The number of nitrogens with one attached hydrogen (secondary N) is 1. The quantitative estimate of drug-likeness (QED) is 0.748. The maximum Gasteiger partial charge on any atom is 0.0587 e. The van der Waals surface area contributed by atoms with E-state index in [4.69, 9.17) is 4.74 Å². The van der Waals surface area contributed by atoms with E-state index in [-0.39, 0.29) is 0 Å². The molecule has 0 fully saturated rings. The van der Waals surface area contributed by atoms with Gasteiger partial charge in [-0.25, -0.2) is 0 Å². The summed E-state index contributed by atoms with van der Waals surface area (Å²) in [6.45, 7) is 4.78. The maximum atomic E-state index is 5.10. The van der Waals surface area contributed by atoms with Gasteiger partial charge in [0.2, 0.25) is 0 Å². The smallest absolute Gasteiger partial charge is 0.0587 e. The summed E-state index contributed by atoms with van der Waals surface area (Å²) in [6, 6.07) is 19.5. The van der Waals surface area contributed by atoms with Gasteiger partial charge in [-0.05, 0) is 24.5 Å². The predicted molar refractivity (Wildman–Crippen MR) is 88.8 cm³/mol. The van der Waals surface area contributed by atoms with Crippen LogP contribution in [-0.4, -0.2) is 26.8 Å². The Bertz CT molecular complexity index is 524. The Morgan fingerprint density at radius 2 is 1.86 bits per heavy atom. The van der Waals surface area contributed by atoms with Crippen LogP contribution in [0, 0.1) is 6.92 Å². The van der Waals surface area contributed by atoms with E-state index in [1.807, 2.05) is 0 Å². The van der Waals surface area contributed by atoms with Gasteiger partial charge in [-0.2, -0.15) is 0 Å². The molecule has 0 spiro atoms. The fraction of sp³-hybridized carbons (Fsp3) is 0.368.